The second kappa shape index (κ2) is 3.74. The topological polar surface area (TPSA) is 59.1 Å². The number of nitrogens with two attached hydrogens (primary N) is 1. The molecule has 1 heterocycles. The van der Waals surface area contributed by atoms with Crippen molar-refractivity contribution in [2.75, 3.05) is 6.54 Å². The maximum absolute atomic E-state index is 9.76. The minimum Gasteiger partial charge on any atom is -0.387 e. The highest BCUT2D eigenvalue weighted by Gasteiger charge is 2.30. The lowest BCUT2D eigenvalue weighted by Crippen LogP contribution is -2.06. The maximum Gasteiger partial charge on any atom is 0.0913 e. The van der Waals surface area contributed by atoms with Gasteiger partial charge >= 0.3 is 0 Å². The molecule has 0 radical (unpaired) electrons. The van der Waals surface area contributed by atoms with Crippen LogP contribution in [0.15, 0.2) is 5.51 Å². The summed E-state index contributed by atoms with van der Waals surface area (Å²) in [4.78, 5) is 5.33. The van der Waals surface area contributed by atoms with Crippen molar-refractivity contribution in [2.24, 2.45) is 5.73 Å². The molecule has 2 rings (SSSR count). The van der Waals surface area contributed by atoms with Crippen LogP contribution in [0.1, 0.15) is 41.9 Å². The Balaban J connectivity index is 2.13. The molecule has 1 fully saturated rings. The summed E-state index contributed by atoms with van der Waals surface area (Å²) in [5.41, 5.74) is 8.34. The van der Waals surface area contributed by atoms with E-state index < -0.39 is 6.10 Å². The molecule has 1 aliphatic rings. The van der Waals surface area contributed by atoms with E-state index in [1.807, 2.05) is 5.51 Å². The highest BCUT2D eigenvalue weighted by Crippen LogP contribution is 2.43. The summed E-state index contributed by atoms with van der Waals surface area (Å²) in [7, 11) is 0. The summed E-state index contributed by atoms with van der Waals surface area (Å²) < 4.78 is 0. The lowest BCUT2D eigenvalue weighted by Gasteiger charge is -2.07. The molecule has 0 spiro atoms. The molecule has 1 aromatic heterocycles. The molecule has 1 saturated carbocycles. The lowest BCUT2D eigenvalue weighted by molar-refractivity contribution is 0.173. The van der Waals surface area contributed by atoms with Crippen molar-refractivity contribution in [2.45, 2.75) is 31.3 Å². The van der Waals surface area contributed by atoms with Gasteiger partial charge in [0.1, 0.15) is 0 Å². The van der Waals surface area contributed by atoms with Crippen molar-refractivity contribution in [3.05, 3.63) is 16.1 Å². The molecular formula is C9H14N2OS. The fraction of sp³-hybridized carbons (Fsp3) is 0.667. The van der Waals surface area contributed by atoms with Gasteiger partial charge in [-0.05, 0) is 25.8 Å². The Kier molecular flexibility index (Phi) is 2.62. The first-order chi connectivity index (χ1) is 6.33. The van der Waals surface area contributed by atoms with Gasteiger partial charge in [-0.25, -0.2) is 4.98 Å². The van der Waals surface area contributed by atoms with Crippen molar-refractivity contribution < 1.29 is 5.11 Å². The maximum atomic E-state index is 9.76. The number of nitrogens with zero attached hydrogens (tertiary/aromatic N) is 1. The predicted molar refractivity (Wildman–Crippen MR) is 52.7 cm³/mol. The van der Waals surface area contributed by atoms with Gasteiger partial charge in [0, 0.05) is 5.92 Å². The van der Waals surface area contributed by atoms with Crippen molar-refractivity contribution in [3.8, 4) is 0 Å². The van der Waals surface area contributed by atoms with Gasteiger partial charge in [0.25, 0.3) is 0 Å². The molecule has 72 valence electrons. The zero-order chi connectivity index (χ0) is 9.26. The number of aromatic nitrogens is 1. The first-order valence-electron chi connectivity index (χ1n) is 4.64. The number of hydrogen-bond donors (Lipinski definition) is 2. The third-order valence-electron chi connectivity index (χ3n) is 2.33. The third kappa shape index (κ3) is 1.90. The molecule has 0 unspecified atom stereocenters. The van der Waals surface area contributed by atoms with Gasteiger partial charge in [-0.2, -0.15) is 0 Å². The van der Waals surface area contributed by atoms with Crippen LogP contribution >= 0.6 is 11.3 Å². The van der Waals surface area contributed by atoms with Gasteiger partial charge in [0.05, 0.1) is 22.2 Å². The minimum absolute atomic E-state index is 0.395. The van der Waals surface area contributed by atoms with E-state index in [1.54, 1.807) is 11.3 Å². The molecule has 0 amide bonds. The Bertz CT molecular complexity index is 283. The molecule has 1 atom stereocenters. The Morgan fingerprint density at radius 3 is 3.08 bits per heavy atom. The third-order valence-corrected chi connectivity index (χ3v) is 3.28. The van der Waals surface area contributed by atoms with Crippen molar-refractivity contribution in [1.29, 1.82) is 0 Å². The van der Waals surface area contributed by atoms with E-state index in [1.165, 1.54) is 12.8 Å². The summed E-state index contributed by atoms with van der Waals surface area (Å²) in [6, 6.07) is 0. The van der Waals surface area contributed by atoms with Crippen molar-refractivity contribution in [1.82, 2.24) is 4.98 Å². The van der Waals surface area contributed by atoms with Crippen LogP contribution < -0.4 is 5.73 Å². The summed E-state index contributed by atoms with van der Waals surface area (Å²) in [5, 5.41) is 9.76. The van der Waals surface area contributed by atoms with E-state index in [-0.39, 0.29) is 0 Å². The van der Waals surface area contributed by atoms with Crippen LogP contribution in [0, 0.1) is 0 Å². The molecule has 0 bridgehead atoms. The molecule has 3 N–H and O–H groups in total. The molecule has 0 aromatic carbocycles. The molecule has 4 heteroatoms. The molecule has 3 nitrogen and oxygen atoms in total. The minimum atomic E-state index is -0.395. The van der Waals surface area contributed by atoms with Gasteiger partial charge in [-0.15, -0.1) is 11.3 Å². The molecule has 0 aliphatic heterocycles. The van der Waals surface area contributed by atoms with Gasteiger partial charge in [-0.1, -0.05) is 0 Å². The van der Waals surface area contributed by atoms with Crippen LogP contribution in [-0.2, 0) is 0 Å². The largest absolute Gasteiger partial charge is 0.387 e. The molecule has 0 saturated heterocycles. The van der Waals surface area contributed by atoms with E-state index in [0.717, 1.165) is 10.6 Å². The standard InChI is InChI=1S/C9H14N2OS/c10-4-3-7(12)9-8(6-1-2-6)11-5-13-9/h5-7,12H,1-4,10H2/t7-/m0/s1. The monoisotopic (exact) mass is 198 g/mol. The summed E-state index contributed by atoms with van der Waals surface area (Å²) in [5.74, 6) is 0.619. The Labute approximate surface area is 81.6 Å². The molecule has 1 aliphatic carbocycles. The Hall–Kier alpha value is -0.450. The van der Waals surface area contributed by atoms with Gasteiger partial charge in [-0.3, -0.25) is 0 Å². The zero-order valence-electron chi connectivity index (χ0n) is 7.44. The second-order valence-electron chi connectivity index (χ2n) is 3.47. The fourth-order valence-corrected chi connectivity index (χ4v) is 2.36. The highest BCUT2D eigenvalue weighted by atomic mass is 32.1. The van der Waals surface area contributed by atoms with E-state index in [0.29, 0.717) is 18.9 Å². The number of aliphatic hydroxyl groups is 1. The van der Waals surface area contributed by atoms with Crippen molar-refractivity contribution in [3.63, 3.8) is 0 Å². The smallest absolute Gasteiger partial charge is 0.0913 e. The van der Waals surface area contributed by atoms with Crippen LogP contribution in [0.4, 0.5) is 0 Å². The average Bonchev–Trinajstić information content (AvgIpc) is 2.84. The lowest BCUT2D eigenvalue weighted by atomic mass is 10.1. The molecule has 13 heavy (non-hydrogen) atoms. The number of rotatable bonds is 4. The zero-order valence-corrected chi connectivity index (χ0v) is 8.26. The quantitative estimate of drug-likeness (QED) is 0.769. The molecular weight excluding hydrogens is 184 g/mol. The number of hydrogen-bond acceptors (Lipinski definition) is 4. The van der Waals surface area contributed by atoms with Crippen LogP contribution in [0.25, 0.3) is 0 Å². The summed E-state index contributed by atoms with van der Waals surface area (Å²) >= 11 is 1.55. The molecule has 1 aromatic rings. The Morgan fingerprint density at radius 2 is 2.46 bits per heavy atom. The van der Waals surface area contributed by atoms with Crippen LogP contribution in [-0.4, -0.2) is 16.6 Å². The van der Waals surface area contributed by atoms with Crippen molar-refractivity contribution >= 4 is 11.3 Å². The van der Waals surface area contributed by atoms with Crippen LogP contribution in [0.5, 0.6) is 0 Å². The number of thiazole rings is 1. The van der Waals surface area contributed by atoms with Crippen LogP contribution in [0.2, 0.25) is 0 Å². The predicted octanol–water partition coefficient (Wildman–Crippen LogP) is 1.40. The second-order valence-corrected chi connectivity index (χ2v) is 4.36. The Morgan fingerprint density at radius 1 is 1.69 bits per heavy atom. The number of aliphatic hydroxyl groups excluding tert-OH is 1. The summed E-state index contributed by atoms with van der Waals surface area (Å²) in [6.07, 6.45) is 2.70. The van der Waals surface area contributed by atoms with Crippen LogP contribution in [0.3, 0.4) is 0 Å². The average molecular weight is 198 g/mol. The highest BCUT2D eigenvalue weighted by molar-refractivity contribution is 7.09. The van der Waals surface area contributed by atoms with E-state index in [4.69, 9.17) is 5.73 Å². The normalized spacial score (nSPS) is 18.9. The fourth-order valence-electron chi connectivity index (χ4n) is 1.47. The van der Waals surface area contributed by atoms with Gasteiger partial charge < -0.3 is 10.8 Å². The van der Waals surface area contributed by atoms with E-state index in [9.17, 15) is 5.11 Å². The first-order valence-corrected chi connectivity index (χ1v) is 5.52. The first kappa shape index (κ1) is 9.12. The van der Waals surface area contributed by atoms with E-state index >= 15 is 0 Å². The van der Waals surface area contributed by atoms with Gasteiger partial charge in [0.15, 0.2) is 0 Å². The summed E-state index contributed by atoms with van der Waals surface area (Å²) in [6.45, 7) is 0.531. The van der Waals surface area contributed by atoms with Gasteiger partial charge in [0.2, 0.25) is 0 Å². The van der Waals surface area contributed by atoms with E-state index in [2.05, 4.69) is 4.98 Å². The SMILES string of the molecule is NCC[C@H](O)c1scnc1C1CC1.